The van der Waals surface area contributed by atoms with Gasteiger partial charge in [0.1, 0.15) is 23.7 Å². The van der Waals surface area contributed by atoms with Crippen LogP contribution in [0, 0.1) is 16.3 Å². The molecule has 1 aliphatic rings. The van der Waals surface area contributed by atoms with Crippen LogP contribution in [0.15, 0.2) is 66.7 Å². The normalized spacial score (nSPS) is 16.1. The molecule has 35 heavy (non-hydrogen) atoms. The van der Waals surface area contributed by atoms with Gasteiger partial charge in [-0.15, -0.1) is 0 Å². The van der Waals surface area contributed by atoms with Crippen LogP contribution in [0.2, 0.25) is 0 Å². The molecular weight excluding hydrogens is 564 g/mol. The number of imide groups is 1. The van der Waals surface area contributed by atoms with E-state index in [9.17, 15) is 18.8 Å². The largest absolute Gasteiger partial charge is 0.497 e. The molecule has 1 fully saturated rings. The van der Waals surface area contributed by atoms with Crippen LogP contribution in [-0.4, -0.2) is 35.9 Å². The molecule has 3 aromatic carbocycles. The molecule has 0 spiro atoms. The van der Waals surface area contributed by atoms with Gasteiger partial charge in [0.25, 0.3) is 5.91 Å². The molecule has 4 amide bonds. The topological polar surface area (TPSA) is 87.7 Å². The molecule has 2 atom stereocenters. The van der Waals surface area contributed by atoms with E-state index in [-0.39, 0.29) is 12.1 Å². The van der Waals surface area contributed by atoms with Crippen molar-refractivity contribution in [3.05, 3.63) is 92.8 Å². The first-order chi connectivity index (χ1) is 16.8. The van der Waals surface area contributed by atoms with E-state index >= 15 is 0 Å². The minimum atomic E-state index is -1.19. The third kappa shape index (κ3) is 5.45. The van der Waals surface area contributed by atoms with E-state index in [1.807, 2.05) is 53.8 Å². The Morgan fingerprint density at radius 3 is 2.43 bits per heavy atom. The number of anilines is 1. The van der Waals surface area contributed by atoms with Crippen molar-refractivity contribution in [1.82, 2.24) is 10.2 Å². The average molecular weight is 587 g/mol. The number of rotatable bonds is 7. The zero-order chi connectivity index (χ0) is 25.1. The first kappa shape index (κ1) is 24.6. The third-order valence-corrected chi connectivity index (χ3v) is 6.44. The maximum atomic E-state index is 14.4. The van der Waals surface area contributed by atoms with Gasteiger partial charge in [0.15, 0.2) is 0 Å². The van der Waals surface area contributed by atoms with Crippen molar-refractivity contribution in [3.8, 4) is 5.75 Å². The molecule has 0 radical (unpaired) electrons. The zero-order valence-corrected chi connectivity index (χ0v) is 21.2. The highest BCUT2D eigenvalue weighted by Crippen LogP contribution is 2.27. The van der Waals surface area contributed by atoms with Crippen LogP contribution in [0.1, 0.15) is 22.7 Å². The van der Waals surface area contributed by atoms with Crippen LogP contribution >= 0.6 is 22.6 Å². The second kappa shape index (κ2) is 10.4. The lowest BCUT2D eigenvalue weighted by Gasteiger charge is -2.25. The molecule has 0 aromatic heterocycles. The third-order valence-electron chi connectivity index (χ3n) is 5.77. The summed E-state index contributed by atoms with van der Waals surface area (Å²) in [5.74, 6) is -1.22. The molecule has 3 aromatic rings. The molecule has 0 bridgehead atoms. The lowest BCUT2D eigenvalue weighted by molar-refractivity contribution is -0.134. The second-order valence-corrected chi connectivity index (χ2v) is 9.43. The van der Waals surface area contributed by atoms with Crippen LogP contribution in [0.4, 0.5) is 14.9 Å². The van der Waals surface area contributed by atoms with E-state index in [0.717, 1.165) is 16.0 Å². The number of methoxy groups -OCH3 is 1. The van der Waals surface area contributed by atoms with E-state index in [2.05, 4.69) is 10.6 Å². The standard InChI is InChI=1S/C26H23FIN3O4/c1-15-3-5-16(6-4-15)13-22(24(32)29-21-12-9-18(28)14-20(21)27)31-25(33)23(30-26(31)34)17-7-10-19(35-2)11-8-17/h3-12,14,22-23H,13H2,1-2H3,(H,29,32)(H,30,34)/t22?,23-/m1/s1. The van der Waals surface area contributed by atoms with Crippen molar-refractivity contribution < 1.29 is 23.5 Å². The van der Waals surface area contributed by atoms with Gasteiger partial charge in [0.05, 0.1) is 12.8 Å². The van der Waals surface area contributed by atoms with Gasteiger partial charge in [0, 0.05) is 9.99 Å². The summed E-state index contributed by atoms with van der Waals surface area (Å²) < 4.78 is 20.3. The number of hydrogen-bond acceptors (Lipinski definition) is 4. The minimum Gasteiger partial charge on any atom is -0.497 e. The average Bonchev–Trinajstić information content (AvgIpc) is 3.14. The molecule has 0 aliphatic carbocycles. The summed E-state index contributed by atoms with van der Waals surface area (Å²) in [6.45, 7) is 1.93. The molecule has 2 N–H and O–H groups in total. The van der Waals surface area contributed by atoms with Gasteiger partial charge in [-0.25, -0.2) is 14.1 Å². The molecule has 9 heteroatoms. The fourth-order valence-corrected chi connectivity index (χ4v) is 4.32. The fraction of sp³-hybridized carbons (Fsp3) is 0.192. The number of aryl methyl sites for hydroxylation is 1. The molecule has 1 unspecified atom stereocenters. The maximum absolute atomic E-state index is 14.4. The molecule has 1 saturated heterocycles. The van der Waals surface area contributed by atoms with E-state index < -0.39 is 35.7 Å². The van der Waals surface area contributed by atoms with E-state index in [0.29, 0.717) is 14.9 Å². The minimum absolute atomic E-state index is 0.0249. The highest BCUT2D eigenvalue weighted by Gasteiger charge is 2.45. The van der Waals surface area contributed by atoms with Crippen LogP contribution < -0.4 is 15.4 Å². The van der Waals surface area contributed by atoms with E-state index in [1.54, 1.807) is 30.3 Å². The van der Waals surface area contributed by atoms with Gasteiger partial charge in [-0.2, -0.15) is 0 Å². The monoisotopic (exact) mass is 587 g/mol. The van der Waals surface area contributed by atoms with Crippen molar-refractivity contribution in [2.24, 2.45) is 0 Å². The molecule has 7 nitrogen and oxygen atoms in total. The summed E-state index contributed by atoms with van der Waals surface area (Å²) in [7, 11) is 1.53. The Morgan fingerprint density at radius 2 is 1.80 bits per heavy atom. The van der Waals surface area contributed by atoms with Crippen LogP contribution in [0.3, 0.4) is 0 Å². The number of ether oxygens (including phenoxy) is 1. The van der Waals surface area contributed by atoms with Crippen molar-refractivity contribution in [3.63, 3.8) is 0 Å². The molecule has 1 heterocycles. The Kier molecular flexibility index (Phi) is 7.34. The van der Waals surface area contributed by atoms with Crippen molar-refractivity contribution in [2.75, 3.05) is 12.4 Å². The van der Waals surface area contributed by atoms with E-state index in [4.69, 9.17) is 4.74 Å². The molecule has 180 valence electrons. The summed E-state index contributed by atoms with van der Waals surface area (Å²) in [5, 5.41) is 5.21. The number of amides is 4. The zero-order valence-electron chi connectivity index (χ0n) is 19.0. The molecular formula is C26H23FIN3O4. The molecule has 4 rings (SSSR count). The summed E-state index contributed by atoms with van der Waals surface area (Å²) in [6.07, 6.45) is 0.0760. The second-order valence-electron chi connectivity index (χ2n) is 8.18. The number of halogens is 2. The Labute approximate surface area is 215 Å². The Balaban J connectivity index is 1.64. The van der Waals surface area contributed by atoms with Gasteiger partial charge >= 0.3 is 6.03 Å². The number of nitrogens with zero attached hydrogens (tertiary/aromatic N) is 1. The lowest BCUT2D eigenvalue weighted by atomic mass is 10.0. The number of nitrogens with one attached hydrogen (secondary N) is 2. The smallest absolute Gasteiger partial charge is 0.325 e. The SMILES string of the molecule is COc1ccc([C@H]2NC(=O)N(C(Cc3ccc(C)cc3)C(=O)Nc3ccc(I)cc3F)C2=O)cc1. The van der Waals surface area contributed by atoms with Crippen molar-refractivity contribution in [2.45, 2.75) is 25.4 Å². The predicted molar refractivity (Wildman–Crippen MR) is 138 cm³/mol. The number of carbonyl (C=O) groups excluding carboxylic acids is 3. The summed E-state index contributed by atoms with van der Waals surface area (Å²) in [4.78, 5) is 40.6. The Morgan fingerprint density at radius 1 is 1.11 bits per heavy atom. The van der Waals surface area contributed by atoms with E-state index in [1.165, 1.54) is 19.2 Å². The van der Waals surface area contributed by atoms with Crippen molar-refractivity contribution in [1.29, 1.82) is 0 Å². The first-order valence-corrected chi connectivity index (χ1v) is 11.9. The van der Waals surface area contributed by atoms with Gasteiger partial charge < -0.3 is 15.4 Å². The fourth-order valence-electron chi connectivity index (χ4n) is 3.87. The highest BCUT2D eigenvalue weighted by atomic mass is 127. The van der Waals surface area contributed by atoms with Gasteiger partial charge in [-0.05, 0) is 71.0 Å². The number of benzene rings is 3. The number of carbonyl (C=O) groups is 3. The molecule has 1 aliphatic heterocycles. The summed E-state index contributed by atoms with van der Waals surface area (Å²) >= 11 is 1.97. The predicted octanol–water partition coefficient (Wildman–Crippen LogP) is 4.59. The van der Waals surface area contributed by atoms with Gasteiger partial charge in [-0.1, -0.05) is 42.0 Å². The van der Waals surface area contributed by atoms with Crippen LogP contribution in [-0.2, 0) is 16.0 Å². The van der Waals surface area contributed by atoms with Gasteiger partial charge in [0.2, 0.25) is 5.91 Å². The molecule has 0 saturated carbocycles. The van der Waals surface area contributed by atoms with Gasteiger partial charge in [-0.3, -0.25) is 9.59 Å². The number of urea groups is 1. The summed E-state index contributed by atoms with van der Waals surface area (Å²) in [5.41, 5.74) is 2.32. The number of hydrogen-bond donors (Lipinski definition) is 2. The summed E-state index contributed by atoms with van der Waals surface area (Å²) in [6, 6.07) is 15.7. The van der Waals surface area contributed by atoms with Crippen LogP contribution in [0.25, 0.3) is 0 Å². The Bertz CT molecular complexity index is 1260. The Hall–Kier alpha value is -3.47. The first-order valence-electron chi connectivity index (χ1n) is 10.9. The van der Waals surface area contributed by atoms with Crippen molar-refractivity contribution >= 4 is 46.1 Å². The quantitative estimate of drug-likeness (QED) is 0.313. The maximum Gasteiger partial charge on any atom is 0.325 e. The van der Waals surface area contributed by atoms with Crippen LogP contribution in [0.5, 0.6) is 5.75 Å². The lowest BCUT2D eigenvalue weighted by Crippen LogP contribution is -2.49. The highest BCUT2D eigenvalue weighted by molar-refractivity contribution is 14.1.